The van der Waals surface area contributed by atoms with Gasteiger partial charge in [0.25, 0.3) is 11.5 Å². The third-order valence-corrected chi connectivity index (χ3v) is 6.08. The van der Waals surface area contributed by atoms with Gasteiger partial charge in [0.1, 0.15) is 5.75 Å². The predicted molar refractivity (Wildman–Crippen MR) is 133 cm³/mol. The van der Waals surface area contributed by atoms with Crippen molar-refractivity contribution in [2.45, 2.75) is 6.42 Å². The molecule has 0 unspecified atom stereocenters. The van der Waals surface area contributed by atoms with E-state index in [0.717, 1.165) is 22.7 Å². The summed E-state index contributed by atoms with van der Waals surface area (Å²) in [6.07, 6.45) is 2.45. The Morgan fingerprint density at radius 3 is 2.66 bits per heavy atom. The average molecular weight is 476 g/mol. The standard InChI is InChI=1S/C26H25N3O6/c1-32-12-4-10-27-21(30)14-35-15-5-7-19-18(13-15)16-9-11-28-23-17-6-8-20(33-2)25(34-3)22(17)26(31)29(19)24(16)23/h5-9,11,13H,4,10,12,14H2,1-3H3,(H,27,30). The number of hydrogen-bond acceptors (Lipinski definition) is 7. The number of ether oxygens (including phenoxy) is 4. The monoisotopic (exact) mass is 475 g/mol. The first-order valence-corrected chi connectivity index (χ1v) is 11.2. The van der Waals surface area contributed by atoms with E-state index < -0.39 is 0 Å². The van der Waals surface area contributed by atoms with Gasteiger partial charge in [-0.2, -0.15) is 0 Å². The smallest absolute Gasteiger partial charge is 0.267 e. The largest absolute Gasteiger partial charge is 0.493 e. The SMILES string of the molecule is COCCCNC(=O)COc1ccc2c(c1)c1ccnc3c4ccc(OC)c(OC)c4c(=O)n2c13. The molecule has 0 bridgehead atoms. The molecule has 2 aromatic carbocycles. The van der Waals surface area contributed by atoms with Gasteiger partial charge in [-0.15, -0.1) is 0 Å². The number of nitrogens with zero attached hydrogens (tertiary/aromatic N) is 2. The topological polar surface area (TPSA) is 100 Å². The summed E-state index contributed by atoms with van der Waals surface area (Å²) in [6.45, 7) is 1.00. The molecular formula is C26H25N3O6. The highest BCUT2D eigenvalue weighted by Gasteiger charge is 2.22. The van der Waals surface area contributed by atoms with E-state index in [0.29, 0.717) is 52.2 Å². The number of carbonyl (C=O) groups excluding carboxylic acids is 1. The summed E-state index contributed by atoms with van der Waals surface area (Å²) in [6, 6.07) is 10.9. The maximum absolute atomic E-state index is 13.8. The minimum Gasteiger partial charge on any atom is -0.493 e. The van der Waals surface area contributed by atoms with Gasteiger partial charge >= 0.3 is 0 Å². The molecule has 180 valence electrons. The van der Waals surface area contributed by atoms with Gasteiger partial charge in [0.15, 0.2) is 18.1 Å². The van der Waals surface area contributed by atoms with Crippen LogP contribution < -0.4 is 25.1 Å². The van der Waals surface area contributed by atoms with E-state index in [1.807, 2.05) is 24.3 Å². The van der Waals surface area contributed by atoms with Crippen molar-refractivity contribution in [1.82, 2.24) is 14.7 Å². The Bertz CT molecular complexity index is 1610. The van der Waals surface area contributed by atoms with Gasteiger partial charge in [-0.1, -0.05) is 0 Å². The molecule has 5 aromatic rings. The normalized spacial score (nSPS) is 11.5. The van der Waals surface area contributed by atoms with Crippen LogP contribution in [0, 0.1) is 0 Å². The van der Waals surface area contributed by atoms with Gasteiger partial charge in [0, 0.05) is 42.6 Å². The van der Waals surface area contributed by atoms with Crippen LogP contribution >= 0.6 is 0 Å². The van der Waals surface area contributed by atoms with Crippen LogP contribution in [0.2, 0.25) is 0 Å². The number of nitrogens with one attached hydrogen (secondary N) is 1. The lowest BCUT2D eigenvalue weighted by molar-refractivity contribution is -0.123. The van der Waals surface area contributed by atoms with Gasteiger partial charge in [0.05, 0.1) is 36.2 Å². The Kier molecular flexibility index (Phi) is 6.00. The van der Waals surface area contributed by atoms with Crippen molar-refractivity contribution in [3.8, 4) is 17.2 Å². The molecule has 0 atom stereocenters. The van der Waals surface area contributed by atoms with E-state index in [1.165, 1.54) is 14.2 Å². The van der Waals surface area contributed by atoms with Crippen molar-refractivity contribution >= 4 is 44.0 Å². The van der Waals surface area contributed by atoms with Gasteiger partial charge < -0.3 is 24.3 Å². The van der Waals surface area contributed by atoms with Crippen molar-refractivity contribution in [3.63, 3.8) is 0 Å². The summed E-state index contributed by atoms with van der Waals surface area (Å²) < 4.78 is 23.4. The fourth-order valence-corrected chi connectivity index (χ4v) is 4.53. The molecule has 35 heavy (non-hydrogen) atoms. The number of methoxy groups -OCH3 is 3. The van der Waals surface area contributed by atoms with E-state index in [-0.39, 0.29) is 18.1 Å². The maximum Gasteiger partial charge on any atom is 0.267 e. The van der Waals surface area contributed by atoms with Crippen LogP contribution in [-0.2, 0) is 9.53 Å². The minimum atomic E-state index is -0.222. The Morgan fingerprint density at radius 1 is 1.03 bits per heavy atom. The summed E-state index contributed by atoms with van der Waals surface area (Å²) in [7, 11) is 4.67. The molecule has 0 saturated heterocycles. The zero-order valence-corrected chi connectivity index (χ0v) is 19.7. The Labute approximate surface area is 200 Å². The molecule has 0 aliphatic heterocycles. The Hall–Kier alpha value is -4.11. The summed E-state index contributed by atoms with van der Waals surface area (Å²) in [4.78, 5) is 30.5. The molecular weight excluding hydrogens is 450 g/mol. The molecule has 9 nitrogen and oxygen atoms in total. The van der Waals surface area contributed by atoms with Crippen LogP contribution in [0.15, 0.2) is 47.4 Å². The van der Waals surface area contributed by atoms with Crippen LogP contribution in [0.4, 0.5) is 0 Å². The van der Waals surface area contributed by atoms with E-state index in [1.54, 1.807) is 29.8 Å². The summed E-state index contributed by atoms with van der Waals surface area (Å²) in [5.41, 5.74) is 1.90. The van der Waals surface area contributed by atoms with Crippen molar-refractivity contribution in [3.05, 3.63) is 52.9 Å². The van der Waals surface area contributed by atoms with E-state index in [4.69, 9.17) is 18.9 Å². The number of rotatable bonds is 9. The second kappa shape index (κ2) is 9.27. The van der Waals surface area contributed by atoms with Crippen LogP contribution in [0.25, 0.3) is 38.1 Å². The summed E-state index contributed by atoms with van der Waals surface area (Å²) in [5, 5.41) is 5.59. The second-order valence-corrected chi connectivity index (χ2v) is 8.08. The quantitative estimate of drug-likeness (QED) is 0.258. The number of benzene rings is 2. The molecule has 0 aliphatic carbocycles. The third-order valence-electron chi connectivity index (χ3n) is 6.08. The van der Waals surface area contributed by atoms with Gasteiger partial charge in [-0.25, -0.2) is 0 Å². The number of pyridine rings is 2. The number of hydrogen-bond donors (Lipinski definition) is 1. The van der Waals surface area contributed by atoms with Gasteiger partial charge in [-0.05, 0) is 42.8 Å². The highest BCUT2D eigenvalue weighted by molar-refractivity contribution is 6.19. The fraction of sp³-hybridized carbons (Fsp3) is 0.269. The average Bonchev–Trinajstić information content (AvgIpc) is 3.22. The zero-order valence-electron chi connectivity index (χ0n) is 19.7. The van der Waals surface area contributed by atoms with Crippen LogP contribution in [0.3, 0.4) is 0 Å². The minimum absolute atomic E-state index is 0.106. The molecule has 9 heteroatoms. The third kappa shape index (κ3) is 3.74. The maximum atomic E-state index is 13.8. The van der Waals surface area contributed by atoms with E-state index in [9.17, 15) is 9.59 Å². The molecule has 0 radical (unpaired) electrons. The molecule has 0 saturated carbocycles. The molecule has 0 fully saturated rings. The highest BCUT2D eigenvalue weighted by Crippen LogP contribution is 2.39. The van der Waals surface area contributed by atoms with Crippen molar-refractivity contribution < 1.29 is 23.7 Å². The molecule has 3 aromatic heterocycles. The van der Waals surface area contributed by atoms with Crippen LogP contribution in [0.1, 0.15) is 6.42 Å². The molecule has 3 heterocycles. The first kappa shape index (κ1) is 22.7. The lowest BCUT2D eigenvalue weighted by Gasteiger charge is -2.12. The summed E-state index contributed by atoms with van der Waals surface area (Å²) >= 11 is 0. The van der Waals surface area contributed by atoms with Crippen molar-refractivity contribution in [2.24, 2.45) is 0 Å². The first-order chi connectivity index (χ1) is 17.1. The fourth-order valence-electron chi connectivity index (χ4n) is 4.53. The second-order valence-electron chi connectivity index (χ2n) is 8.08. The number of aromatic nitrogens is 2. The molecule has 5 rings (SSSR count). The number of fused-ring (bicyclic) bond motifs is 5. The van der Waals surface area contributed by atoms with Gasteiger partial charge in [0.2, 0.25) is 0 Å². The van der Waals surface area contributed by atoms with Crippen LogP contribution in [0.5, 0.6) is 17.2 Å². The van der Waals surface area contributed by atoms with Crippen LogP contribution in [-0.4, -0.2) is 56.4 Å². The van der Waals surface area contributed by atoms with E-state index in [2.05, 4.69) is 10.3 Å². The molecule has 0 aliphatic rings. The number of amides is 1. The highest BCUT2D eigenvalue weighted by atomic mass is 16.5. The Balaban J connectivity index is 1.61. The first-order valence-electron chi connectivity index (χ1n) is 11.2. The molecule has 0 spiro atoms. The van der Waals surface area contributed by atoms with Crippen molar-refractivity contribution in [2.75, 3.05) is 41.1 Å². The molecule has 1 N–H and O–H groups in total. The molecule has 1 amide bonds. The lowest BCUT2D eigenvalue weighted by Crippen LogP contribution is -2.30. The van der Waals surface area contributed by atoms with Gasteiger partial charge in [-0.3, -0.25) is 19.0 Å². The van der Waals surface area contributed by atoms with Crippen molar-refractivity contribution in [1.29, 1.82) is 0 Å². The Morgan fingerprint density at radius 2 is 1.89 bits per heavy atom. The summed E-state index contributed by atoms with van der Waals surface area (Å²) in [5.74, 6) is 1.17. The van der Waals surface area contributed by atoms with E-state index >= 15 is 0 Å². The predicted octanol–water partition coefficient (Wildman–Crippen LogP) is 3.14. The number of carbonyl (C=O) groups is 1. The zero-order chi connectivity index (χ0) is 24.5. The lowest BCUT2D eigenvalue weighted by atomic mass is 10.1.